The highest BCUT2D eigenvalue weighted by Crippen LogP contribution is 2.25. The Morgan fingerprint density at radius 1 is 1.62 bits per heavy atom. The summed E-state index contributed by atoms with van der Waals surface area (Å²) in [4.78, 5) is 11.5. The third-order valence-corrected chi connectivity index (χ3v) is 2.66. The zero-order valence-electron chi connectivity index (χ0n) is 7.08. The molecule has 0 radical (unpaired) electrons. The summed E-state index contributed by atoms with van der Waals surface area (Å²) in [7, 11) is 0. The second-order valence-corrected chi connectivity index (χ2v) is 4.12. The van der Waals surface area contributed by atoms with Crippen LogP contribution < -0.4 is 0 Å². The van der Waals surface area contributed by atoms with Gasteiger partial charge in [0.25, 0.3) is 0 Å². The summed E-state index contributed by atoms with van der Waals surface area (Å²) in [6.07, 6.45) is 0. The zero-order chi connectivity index (χ0) is 9.84. The molecule has 0 unspecified atom stereocenters. The fraction of sp³-hybridized carbons (Fsp3) is 0.222. The molecule has 0 aliphatic carbocycles. The Kier molecular flexibility index (Phi) is 3.63. The lowest BCUT2D eigenvalue weighted by Gasteiger charge is -2.03. The lowest BCUT2D eigenvalue weighted by molar-refractivity contribution is 0.0693. The normalized spacial score (nSPS) is 10.0. The number of carbonyl (C=O) groups is 1. The van der Waals surface area contributed by atoms with Crippen molar-refractivity contribution in [3.8, 4) is 0 Å². The molecule has 1 N–H and O–H groups in total. The molecule has 0 saturated carbocycles. The zero-order valence-corrected chi connectivity index (χ0v) is 8.65. The molecule has 0 spiro atoms. The minimum Gasteiger partial charge on any atom is -0.478 e. The topological polar surface area (TPSA) is 37.3 Å². The molecule has 0 aromatic heterocycles. The fourth-order valence-corrected chi connectivity index (χ4v) is 1.90. The van der Waals surface area contributed by atoms with E-state index in [1.807, 2.05) is 6.92 Å². The molecule has 0 saturated heterocycles. The van der Waals surface area contributed by atoms with E-state index in [2.05, 4.69) is 0 Å². The molecule has 0 atom stereocenters. The van der Waals surface area contributed by atoms with Crippen molar-refractivity contribution in [2.45, 2.75) is 11.8 Å². The first-order valence-electron chi connectivity index (χ1n) is 3.80. The van der Waals surface area contributed by atoms with Gasteiger partial charge in [0, 0.05) is 9.92 Å². The number of hydrogen-bond acceptors (Lipinski definition) is 2. The van der Waals surface area contributed by atoms with E-state index in [9.17, 15) is 4.79 Å². The van der Waals surface area contributed by atoms with Gasteiger partial charge in [0.1, 0.15) is 0 Å². The van der Waals surface area contributed by atoms with Gasteiger partial charge in [-0.1, -0.05) is 18.5 Å². The first-order chi connectivity index (χ1) is 6.15. The lowest BCUT2D eigenvalue weighted by Crippen LogP contribution is -1.98. The molecular weight excluding hydrogens is 208 g/mol. The summed E-state index contributed by atoms with van der Waals surface area (Å²) in [5.74, 6) is -0.0829. The molecular formula is C9H9ClO2S. The van der Waals surface area contributed by atoms with Crippen LogP contribution >= 0.6 is 23.4 Å². The number of aromatic carboxylic acids is 1. The Balaban J connectivity index is 3.10. The summed E-state index contributed by atoms with van der Waals surface area (Å²) in [6, 6.07) is 4.91. The summed E-state index contributed by atoms with van der Waals surface area (Å²) >= 11 is 7.19. The van der Waals surface area contributed by atoms with Crippen LogP contribution in [0, 0.1) is 0 Å². The van der Waals surface area contributed by atoms with E-state index in [-0.39, 0.29) is 5.56 Å². The Labute approximate surface area is 85.9 Å². The van der Waals surface area contributed by atoms with Crippen LogP contribution in [0.5, 0.6) is 0 Å². The van der Waals surface area contributed by atoms with Crippen molar-refractivity contribution in [1.82, 2.24) is 0 Å². The lowest BCUT2D eigenvalue weighted by atomic mass is 10.2. The van der Waals surface area contributed by atoms with Gasteiger partial charge in [-0.05, 0) is 24.0 Å². The predicted octanol–water partition coefficient (Wildman–Crippen LogP) is 3.15. The van der Waals surface area contributed by atoms with Crippen LogP contribution in [-0.4, -0.2) is 16.8 Å². The first-order valence-corrected chi connectivity index (χ1v) is 5.17. The highest BCUT2D eigenvalue weighted by atomic mass is 35.5. The second kappa shape index (κ2) is 4.53. The maximum Gasteiger partial charge on any atom is 0.336 e. The highest BCUT2D eigenvalue weighted by molar-refractivity contribution is 7.99. The summed E-state index contributed by atoms with van der Waals surface area (Å²) in [5.41, 5.74) is 0.277. The van der Waals surface area contributed by atoms with Crippen molar-refractivity contribution in [2.24, 2.45) is 0 Å². The Bertz CT molecular complexity index is 325. The molecule has 0 bridgehead atoms. The first kappa shape index (κ1) is 10.4. The van der Waals surface area contributed by atoms with Gasteiger partial charge in [-0.2, -0.15) is 0 Å². The van der Waals surface area contributed by atoms with Crippen LogP contribution in [-0.2, 0) is 0 Å². The highest BCUT2D eigenvalue weighted by Gasteiger charge is 2.09. The third kappa shape index (κ3) is 2.64. The van der Waals surface area contributed by atoms with Gasteiger partial charge in [-0.15, -0.1) is 11.8 Å². The number of benzene rings is 1. The van der Waals surface area contributed by atoms with Gasteiger partial charge in [-0.3, -0.25) is 0 Å². The van der Waals surface area contributed by atoms with Gasteiger partial charge in [0.2, 0.25) is 0 Å². The van der Waals surface area contributed by atoms with Crippen molar-refractivity contribution in [3.05, 3.63) is 28.8 Å². The van der Waals surface area contributed by atoms with Crippen molar-refractivity contribution in [1.29, 1.82) is 0 Å². The molecule has 1 rings (SSSR count). The second-order valence-electron chi connectivity index (χ2n) is 2.38. The maximum atomic E-state index is 10.8. The maximum absolute atomic E-state index is 10.8. The standard InChI is InChI=1S/C9H9ClO2S/c1-2-13-8-4-3-6(10)5-7(8)9(11)12/h3-5H,2H2,1H3,(H,11,12). The molecule has 0 heterocycles. The quantitative estimate of drug-likeness (QED) is 0.789. The molecule has 0 fully saturated rings. The smallest absolute Gasteiger partial charge is 0.336 e. The minimum absolute atomic E-state index is 0.277. The van der Waals surface area contributed by atoms with Crippen LogP contribution in [0.15, 0.2) is 23.1 Å². The van der Waals surface area contributed by atoms with E-state index in [4.69, 9.17) is 16.7 Å². The average molecular weight is 217 g/mol. The van der Waals surface area contributed by atoms with E-state index in [1.54, 1.807) is 12.1 Å². The van der Waals surface area contributed by atoms with Crippen LogP contribution in [0.2, 0.25) is 5.02 Å². The molecule has 0 aliphatic rings. The van der Waals surface area contributed by atoms with Crippen LogP contribution in [0.1, 0.15) is 17.3 Å². The molecule has 13 heavy (non-hydrogen) atoms. The number of carboxylic acids is 1. The number of hydrogen-bond donors (Lipinski definition) is 1. The Morgan fingerprint density at radius 2 is 2.31 bits per heavy atom. The largest absolute Gasteiger partial charge is 0.478 e. The van der Waals surface area contributed by atoms with Gasteiger partial charge in [0.15, 0.2) is 0 Å². The predicted molar refractivity (Wildman–Crippen MR) is 54.8 cm³/mol. The summed E-state index contributed by atoms with van der Waals surface area (Å²) < 4.78 is 0. The molecule has 70 valence electrons. The van der Waals surface area contributed by atoms with E-state index in [1.165, 1.54) is 17.8 Å². The van der Waals surface area contributed by atoms with Crippen molar-refractivity contribution in [2.75, 3.05) is 5.75 Å². The SMILES string of the molecule is CCSc1ccc(Cl)cc1C(=O)O. The average Bonchev–Trinajstić information content (AvgIpc) is 2.08. The Morgan fingerprint density at radius 3 is 2.85 bits per heavy atom. The van der Waals surface area contributed by atoms with E-state index in [0.717, 1.165) is 10.6 Å². The van der Waals surface area contributed by atoms with Crippen LogP contribution in [0.25, 0.3) is 0 Å². The Hall–Kier alpha value is -0.670. The summed E-state index contributed by atoms with van der Waals surface area (Å²) in [5, 5.41) is 9.30. The van der Waals surface area contributed by atoms with Gasteiger partial charge in [0.05, 0.1) is 5.56 Å². The fourth-order valence-electron chi connectivity index (χ4n) is 0.951. The molecule has 1 aromatic carbocycles. The van der Waals surface area contributed by atoms with E-state index in [0.29, 0.717) is 5.02 Å². The van der Waals surface area contributed by atoms with E-state index >= 15 is 0 Å². The van der Waals surface area contributed by atoms with Gasteiger partial charge < -0.3 is 5.11 Å². The number of carboxylic acid groups (broad SMARTS) is 1. The number of rotatable bonds is 3. The van der Waals surface area contributed by atoms with Gasteiger partial charge >= 0.3 is 5.97 Å². The molecule has 1 aromatic rings. The minimum atomic E-state index is -0.932. The molecule has 0 amide bonds. The van der Waals surface area contributed by atoms with Crippen LogP contribution in [0.4, 0.5) is 0 Å². The monoisotopic (exact) mass is 216 g/mol. The number of halogens is 1. The third-order valence-electron chi connectivity index (χ3n) is 1.47. The van der Waals surface area contributed by atoms with Crippen molar-refractivity contribution < 1.29 is 9.90 Å². The van der Waals surface area contributed by atoms with E-state index < -0.39 is 5.97 Å². The van der Waals surface area contributed by atoms with Gasteiger partial charge in [-0.25, -0.2) is 4.79 Å². The summed E-state index contributed by atoms with van der Waals surface area (Å²) in [6.45, 7) is 1.98. The van der Waals surface area contributed by atoms with Crippen LogP contribution in [0.3, 0.4) is 0 Å². The van der Waals surface area contributed by atoms with Crippen molar-refractivity contribution in [3.63, 3.8) is 0 Å². The van der Waals surface area contributed by atoms with Crippen molar-refractivity contribution >= 4 is 29.3 Å². The number of thioether (sulfide) groups is 1. The molecule has 0 aliphatic heterocycles. The molecule has 4 heteroatoms. The molecule has 2 nitrogen and oxygen atoms in total.